The number of methoxy groups -OCH3 is 1. The molecule has 2 heterocycles. The van der Waals surface area contributed by atoms with Crippen LogP contribution in [0.2, 0.25) is 0 Å². The third-order valence-corrected chi connectivity index (χ3v) is 5.44. The second-order valence-electron chi connectivity index (χ2n) is 6.45. The van der Waals surface area contributed by atoms with Crippen LogP contribution in [0.4, 0.5) is 0 Å². The lowest BCUT2D eigenvalue weighted by molar-refractivity contribution is 0.261. The Morgan fingerprint density at radius 2 is 1.48 bits per heavy atom. The van der Waals surface area contributed by atoms with Crippen molar-refractivity contribution in [1.82, 2.24) is 19.8 Å². The zero-order valence-electron chi connectivity index (χ0n) is 17.9. The second kappa shape index (κ2) is 9.22. The van der Waals surface area contributed by atoms with Crippen molar-refractivity contribution in [2.75, 3.05) is 26.9 Å². The first-order valence-electron chi connectivity index (χ1n) is 10.1. The number of hydrogen-bond acceptors (Lipinski definition) is 8. The lowest BCUT2D eigenvalue weighted by Crippen LogP contribution is -2.03. The van der Waals surface area contributed by atoms with Crippen LogP contribution >= 0.6 is 11.3 Å². The fourth-order valence-electron chi connectivity index (χ4n) is 3.17. The van der Waals surface area contributed by atoms with Crippen LogP contribution in [0.15, 0.2) is 36.4 Å². The molecule has 0 aliphatic rings. The van der Waals surface area contributed by atoms with E-state index in [1.165, 1.54) is 11.3 Å². The Kier molecular flexibility index (Phi) is 6.22. The zero-order chi connectivity index (χ0) is 21.8. The minimum atomic E-state index is 0.515. The van der Waals surface area contributed by atoms with Gasteiger partial charge in [0.25, 0.3) is 0 Å². The molecule has 31 heavy (non-hydrogen) atoms. The largest absolute Gasteiger partial charge is 0.497 e. The van der Waals surface area contributed by atoms with E-state index in [-0.39, 0.29) is 0 Å². The van der Waals surface area contributed by atoms with Crippen LogP contribution in [0.5, 0.6) is 23.0 Å². The van der Waals surface area contributed by atoms with E-state index in [9.17, 15) is 0 Å². The van der Waals surface area contributed by atoms with Gasteiger partial charge in [-0.2, -0.15) is 9.61 Å². The Balaban J connectivity index is 1.78. The molecular formula is C22H24N4O4S. The quantitative estimate of drug-likeness (QED) is 0.372. The molecule has 0 bridgehead atoms. The summed E-state index contributed by atoms with van der Waals surface area (Å²) in [4.78, 5) is 0.700. The van der Waals surface area contributed by atoms with Gasteiger partial charge in [0.15, 0.2) is 17.3 Å². The Morgan fingerprint density at radius 3 is 2.06 bits per heavy atom. The maximum absolute atomic E-state index is 5.83. The fraction of sp³-hybridized carbons (Fsp3) is 0.318. The maximum Gasteiger partial charge on any atom is 0.235 e. The van der Waals surface area contributed by atoms with Gasteiger partial charge in [0.2, 0.25) is 10.7 Å². The van der Waals surface area contributed by atoms with Crippen molar-refractivity contribution >= 4 is 16.3 Å². The Labute approximate surface area is 184 Å². The molecule has 0 unspecified atom stereocenters. The van der Waals surface area contributed by atoms with Crippen molar-refractivity contribution in [1.29, 1.82) is 0 Å². The molecule has 0 N–H and O–H groups in total. The molecule has 2 aromatic carbocycles. The van der Waals surface area contributed by atoms with Gasteiger partial charge in [-0.15, -0.1) is 10.2 Å². The zero-order valence-corrected chi connectivity index (χ0v) is 18.7. The lowest BCUT2D eigenvalue weighted by Gasteiger charge is -2.16. The Bertz CT molecular complexity index is 1140. The number of nitrogens with zero attached hydrogens (tertiary/aromatic N) is 4. The van der Waals surface area contributed by atoms with Crippen molar-refractivity contribution in [2.45, 2.75) is 20.8 Å². The number of fused-ring (bicyclic) bond motifs is 1. The second-order valence-corrected chi connectivity index (χ2v) is 7.41. The van der Waals surface area contributed by atoms with Gasteiger partial charge in [-0.3, -0.25) is 0 Å². The van der Waals surface area contributed by atoms with E-state index < -0.39 is 0 Å². The van der Waals surface area contributed by atoms with E-state index >= 15 is 0 Å². The first-order valence-corrected chi connectivity index (χ1v) is 10.9. The summed E-state index contributed by atoms with van der Waals surface area (Å²) in [5.74, 6) is 3.32. The molecule has 0 amide bonds. The van der Waals surface area contributed by atoms with E-state index in [1.807, 2.05) is 57.2 Å². The highest BCUT2D eigenvalue weighted by Crippen LogP contribution is 2.42. The SMILES string of the molecule is CCOc1cc(-c2nn3c(-c4ccc(OC)cc4)nnc3s2)cc(OCC)c1OCC. The van der Waals surface area contributed by atoms with Crippen LogP contribution in [0.3, 0.4) is 0 Å². The summed E-state index contributed by atoms with van der Waals surface area (Å²) in [6.07, 6.45) is 0. The highest BCUT2D eigenvalue weighted by atomic mass is 32.1. The third-order valence-electron chi connectivity index (χ3n) is 4.50. The monoisotopic (exact) mass is 440 g/mol. The highest BCUT2D eigenvalue weighted by molar-refractivity contribution is 7.19. The molecule has 0 aliphatic carbocycles. The van der Waals surface area contributed by atoms with E-state index in [0.29, 0.717) is 47.9 Å². The van der Waals surface area contributed by atoms with Gasteiger partial charge in [0.05, 0.1) is 26.9 Å². The van der Waals surface area contributed by atoms with Crippen molar-refractivity contribution in [3.8, 4) is 45.0 Å². The summed E-state index contributed by atoms with van der Waals surface area (Å²) in [5, 5.41) is 14.1. The molecule has 0 saturated heterocycles. The van der Waals surface area contributed by atoms with E-state index in [1.54, 1.807) is 11.6 Å². The van der Waals surface area contributed by atoms with Crippen molar-refractivity contribution < 1.29 is 18.9 Å². The van der Waals surface area contributed by atoms with E-state index in [2.05, 4.69) is 10.2 Å². The smallest absolute Gasteiger partial charge is 0.235 e. The summed E-state index contributed by atoms with van der Waals surface area (Å²) in [5.41, 5.74) is 1.77. The molecule has 0 radical (unpaired) electrons. The summed E-state index contributed by atoms with van der Waals surface area (Å²) in [7, 11) is 1.64. The van der Waals surface area contributed by atoms with Gasteiger partial charge >= 0.3 is 0 Å². The Morgan fingerprint density at radius 1 is 0.839 bits per heavy atom. The fourth-order valence-corrected chi connectivity index (χ4v) is 3.99. The lowest BCUT2D eigenvalue weighted by atomic mass is 10.2. The average Bonchev–Trinajstić information content (AvgIpc) is 3.37. The van der Waals surface area contributed by atoms with Gasteiger partial charge in [-0.05, 0) is 57.2 Å². The molecule has 0 spiro atoms. The normalized spacial score (nSPS) is 11.0. The standard InChI is InChI=1S/C22H24N4O4S/c1-5-28-17-12-15(13-18(29-6-2)19(17)30-7-3)21-25-26-20(23-24-22(26)31-21)14-8-10-16(27-4)11-9-14/h8-13H,5-7H2,1-4H3. The topological polar surface area (TPSA) is 80.0 Å². The molecule has 4 rings (SSSR count). The predicted octanol–water partition coefficient (Wildman–Crippen LogP) is 4.72. The molecule has 8 nitrogen and oxygen atoms in total. The minimum absolute atomic E-state index is 0.515. The van der Waals surface area contributed by atoms with Crippen LogP contribution < -0.4 is 18.9 Å². The van der Waals surface area contributed by atoms with E-state index in [0.717, 1.165) is 21.9 Å². The summed E-state index contributed by atoms with van der Waals surface area (Å²) < 4.78 is 24.5. The first kappa shape index (κ1) is 20.9. The molecule has 0 atom stereocenters. The third kappa shape index (κ3) is 4.13. The van der Waals surface area contributed by atoms with Crippen molar-refractivity contribution in [3.05, 3.63) is 36.4 Å². The van der Waals surface area contributed by atoms with Crippen molar-refractivity contribution in [3.63, 3.8) is 0 Å². The molecule has 0 aliphatic heterocycles. The highest BCUT2D eigenvalue weighted by Gasteiger charge is 2.20. The number of ether oxygens (including phenoxy) is 4. The number of hydrogen-bond donors (Lipinski definition) is 0. The van der Waals surface area contributed by atoms with Gasteiger partial charge in [0, 0.05) is 11.1 Å². The molecule has 162 valence electrons. The molecule has 0 fully saturated rings. The molecular weight excluding hydrogens is 416 g/mol. The van der Waals surface area contributed by atoms with Crippen LogP contribution in [-0.4, -0.2) is 46.7 Å². The van der Waals surface area contributed by atoms with Crippen LogP contribution in [-0.2, 0) is 0 Å². The minimum Gasteiger partial charge on any atom is -0.497 e. The van der Waals surface area contributed by atoms with Gasteiger partial charge in [-0.1, -0.05) is 11.3 Å². The number of benzene rings is 2. The maximum atomic E-state index is 5.83. The Hall–Kier alpha value is -3.33. The molecule has 0 saturated carbocycles. The van der Waals surface area contributed by atoms with Gasteiger partial charge in [0.1, 0.15) is 10.8 Å². The predicted molar refractivity (Wildman–Crippen MR) is 120 cm³/mol. The summed E-state index contributed by atoms with van der Waals surface area (Å²) in [6, 6.07) is 11.5. The summed E-state index contributed by atoms with van der Waals surface area (Å²) >= 11 is 1.45. The first-order chi connectivity index (χ1) is 15.2. The van der Waals surface area contributed by atoms with Gasteiger partial charge in [-0.25, -0.2) is 0 Å². The van der Waals surface area contributed by atoms with E-state index in [4.69, 9.17) is 24.0 Å². The van der Waals surface area contributed by atoms with Crippen molar-refractivity contribution in [2.24, 2.45) is 0 Å². The van der Waals surface area contributed by atoms with Crippen LogP contribution in [0.25, 0.3) is 26.9 Å². The molecule has 9 heteroatoms. The molecule has 4 aromatic rings. The van der Waals surface area contributed by atoms with Crippen LogP contribution in [0, 0.1) is 0 Å². The summed E-state index contributed by atoms with van der Waals surface area (Å²) in [6.45, 7) is 7.36. The van der Waals surface area contributed by atoms with Crippen LogP contribution in [0.1, 0.15) is 20.8 Å². The molecule has 2 aromatic heterocycles. The average molecular weight is 441 g/mol. The number of rotatable bonds is 9. The number of aromatic nitrogens is 4. The van der Waals surface area contributed by atoms with Gasteiger partial charge < -0.3 is 18.9 Å².